The van der Waals surface area contributed by atoms with Crippen molar-refractivity contribution < 1.29 is 9.53 Å². The first-order valence-corrected chi connectivity index (χ1v) is 7.85. The van der Waals surface area contributed by atoms with Gasteiger partial charge in [0, 0.05) is 0 Å². The highest BCUT2D eigenvalue weighted by atomic mass is 16.5. The molecule has 1 rings (SSSR count). The number of esters is 1. The molecule has 1 aliphatic heterocycles. The molecule has 1 aliphatic rings. The van der Waals surface area contributed by atoms with Crippen molar-refractivity contribution in [3.63, 3.8) is 0 Å². The van der Waals surface area contributed by atoms with E-state index in [1.54, 1.807) is 0 Å². The van der Waals surface area contributed by atoms with Crippen molar-refractivity contribution >= 4 is 5.97 Å². The average Bonchev–Trinajstić information content (AvgIpc) is 2.93. The molecule has 4 nitrogen and oxygen atoms in total. The molecule has 19 heavy (non-hydrogen) atoms. The van der Waals surface area contributed by atoms with Crippen molar-refractivity contribution in [1.82, 2.24) is 10.6 Å². The van der Waals surface area contributed by atoms with E-state index in [4.69, 9.17) is 4.74 Å². The normalized spacial score (nSPS) is 20.4. The molecule has 2 N–H and O–H groups in total. The average molecular weight is 270 g/mol. The van der Waals surface area contributed by atoms with Crippen LogP contribution in [0.2, 0.25) is 0 Å². The maximum Gasteiger partial charge on any atom is 0.319 e. The molecule has 1 heterocycles. The second kappa shape index (κ2) is 10.2. The summed E-state index contributed by atoms with van der Waals surface area (Å²) in [6.07, 6.45) is 5.71. The van der Waals surface area contributed by atoms with Crippen molar-refractivity contribution in [2.45, 2.75) is 46.0 Å². The largest absolute Gasteiger partial charge is 0.465 e. The molecule has 0 aromatic rings. The predicted octanol–water partition coefficient (Wildman–Crippen LogP) is 1.95. The maximum absolute atomic E-state index is 11.4. The molecule has 0 aromatic heterocycles. The third kappa shape index (κ3) is 6.92. The molecule has 1 saturated heterocycles. The summed E-state index contributed by atoms with van der Waals surface area (Å²) in [6, 6.07) is 0. The van der Waals surface area contributed by atoms with Gasteiger partial charge >= 0.3 is 5.97 Å². The zero-order valence-electron chi connectivity index (χ0n) is 12.5. The third-order valence-electron chi connectivity index (χ3n) is 4.01. The van der Waals surface area contributed by atoms with Crippen LogP contribution in [0.3, 0.4) is 0 Å². The molecule has 1 fully saturated rings. The van der Waals surface area contributed by atoms with Gasteiger partial charge in [0.1, 0.15) is 0 Å². The highest BCUT2D eigenvalue weighted by molar-refractivity contribution is 5.71. The molecule has 2 unspecified atom stereocenters. The summed E-state index contributed by atoms with van der Waals surface area (Å²) in [4.78, 5) is 11.4. The Morgan fingerprint density at radius 3 is 2.95 bits per heavy atom. The van der Waals surface area contributed by atoms with E-state index >= 15 is 0 Å². The summed E-state index contributed by atoms with van der Waals surface area (Å²) in [5.41, 5.74) is 0. The maximum atomic E-state index is 11.4. The number of carbonyl (C=O) groups excluding carboxylic acids is 1. The van der Waals surface area contributed by atoms with Gasteiger partial charge in [-0.3, -0.25) is 4.79 Å². The van der Waals surface area contributed by atoms with Crippen LogP contribution in [-0.4, -0.2) is 38.8 Å². The molecule has 0 aliphatic carbocycles. The third-order valence-corrected chi connectivity index (χ3v) is 4.01. The Bertz CT molecular complexity index is 240. The van der Waals surface area contributed by atoms with Crippen molar-refractivity contribution in [2.75, 3.05) is 32.8 Å². The van der Waals surface area contributed by atoms with Crippen LogP contribution in [0.25, 0.3) is 0 Å². The molecule has 4 heteroatoms. The monoisotopic (exact) mass is 270 g/mol. The molecule has 0 saturated carbocycles. The first kappa shape index (κ1) is 16.4. The Kier molecular flexibility index (Phi) is 8.84. The number of unbranched alkanes of at least 4 members (excludes halogenated alkanes) is 1. The lowest BCUT2D eigenvalue weighted by atomic mass is 9.87. The lowest BCUT2D eigenvalue weighted by Gasteiger charge is -2.21. The standard InChI is InChI=1S/C15H30N2O2/c1-3-5-10-19-15(18)12-17-8-6-13(4-2)14-7-9-16-11-14/h13-14,16-17H,3-12H2,1-2H3. The van der Waals surface area contributed by atoms with Gasteiger partial charge < -0.3 is 15.4 Å². The van der Waals surface area contributed by atoms with Crippen LogP contribution in [0.4, 0.5) is 0 Å². The van der Waals surface area contributed by atoms with E-state index in [1.165, 1.54) is 19.4 Å². The van der Waals surface area contributed by atoms with Gasteiger partial charge in [0.2, 0.25) is 0 Å². The van der Waals surface area contributed by atoms with Gasteiger partial charge in [-0.25, -0.2) is 0 Å². The summed E-state index contributed by atoms with van der Waals surface area (Å²) in [5.74, 6) is 1.48. The van der Waals surface area contributed by atoms with E-state index in [-0.39, 0.29) is 5.97 Å². The van der Waals surface area contributed by atoms with Gasteiger partial charge in [0.15, 0.2) is 0 Å². The Hall–Kier alpha value is -0.610. The van der Waals surface area contributed by atoms with E-state index in [9.17, 15) is 4.79 Å². The molecule has 0 radical (unpaired) electrons. The topological polar surface area (TPSA) is 50.4 Å². The van der Waals surface area contributed by atoms with E-state index in [2.05, 4.69) is 24.5 Å². The van der Waals surface area contributed by atoms with E-state index in [0.29, 0.717) is 13.2 Å². The smallest absolute Gasteiger partial charge is 0.319 e. The van der Waals surface area contributed by atoms with Gasteiger partial charge in [0.05, 0.1) is 13.2 Å². The highest BCUT2D eigenvalue weighted by Crippen LogP contribution is 2.24. The van der Waals surface area contributed by atoms with Crippen molar-refractivity contribution in [1.29, 1.82) is 0 Å². The number of nitrogens with one attached hydrogen (secondary N) is 2. The lowest BCUT2D eigenvalue weighted by molar-refractivity contribution is -0.142. The summed E-state index contributed by atoms with van der Waals surface area (Å²) in [7, 11) is 0. The minimum Gasteiger partial charge on any atom is -0.465 e. The molecule has 0 amide bonds. The fourth-order valence-electron chi connectivity index (χ4n) is 2.71. The van der Waals surface area contributed by atoms with Crippen LogP contribution in [0.5, 0.6) is 0 Å². The summed E-state index contributed by atoms with van der Waals surface area (Å²) < 4.78 is 5.10. The van der Waals surface area contributed by atoms with Gasteiger partial charge in [-0.05, 0) is 50.7 Å². The fourth-order valence-corrected chi connectivity index (χ4v) is 2.71. The van der Waals surface area contributed by atoms with Crippen LogP contribution in [0.15, 0.2) is 0 Å². The second-order valence-corrected chi connectivity index (χ2v) is 5.46. The Balaban J connectivity index is 2.03. The second-order valence-electron chi connectivity index (χ2n) is 5.46. The quantitative estimate of drug-likeness (QED) is 0.470. The number of ether oxygens (including phenoxy) is 1. The zero-order chi connectivity index (χ0) is 13.9. The van der Waals surface area contributed by atoms with E-state index in [0.717, 1.165) is 44.2 Å². The van der Waals surface area contributed by atoms with Crippen LogP contribution < -0.4 is 10.6 Å². The van der Waals surface area contributed by atoms with Crippen molar-refractivity contribution in [2.24, 2.45) is 11.8 Å². The van der Waals surface area contributed by atoms with Crippen molar-refractivity contribution in [3.8, 4) is 0 Å². The Labute approximate surface area is 117 Å². The van der Waals surface area contributed by atoms with Crippen LogP contribution >= 0.6 is 0 Å². The van der Waals surface area contributed by atoms with E-state index in [1.807, 2.05) is 0 Å². The summed E-state index contributed by atoms with van der Waals surface area (Å²) in [5, 5.41) is 6.64. The van der Waals surface area contributed by atoms with Gasteiger partial charge in [-0.1, -0.05) is 26.7 Å². The first-order valence-electron chi connectivity index (χ1n) is 7.85. The molecule has 0 spiro atoms. The number of carbonyl (C=O) groups is 1. The molecule has 0 aromatic carbocycles. The van der Waals surface area contributed by atoms with Gasteiger partial charge in [-0.15, -0.1) is 0 Å². The molecule has 0 bridgehead atoms. The minimum absolute atomic E-state index is 0.121. The summed E-state index contributed by atoms with van der Waals surface area (Å²) in [6.45, 7) is 8.51. The fraction of sp³-hybridized carbons (Fsp3) is 0.933. The molecule has 2 atom stereocenters. The lowest BCUT2D eigenvalue weighted by Crippen LogP contribution is -2.28. The van der Waals surface area contributed by atoms with Gasteiger partial charge in [0.25, 0.3) is 0 Å². The highest BCUT2D eigenvalue weighted by Gasteiger charge is 2.22. The van der Waals surface area contributed by atoms with Crippen LogP contribution in [-0.2, 0) is 9.53 Å². The van der Waals surface area contributed by atoms with E-state index < -0.39 is 0 Å². The number of hydrogen-bond donors (Lipinski definition) is 2. The SMILES string of the molecule is CCCCOC(=O)CNCCC(CC)C1CCNC1. The van der Waals surface area contributed by atoms with Crippen LogP contribution in [0, 0.1) is 11.8 Å². The predicted molar refractivity (Wildman–Crippen MR) is 78.1 cm³/mol. The zero-order valence-corrected chi connectivity index (χ0v) is 12.5. The minimum atomic E-state index is -0.121. The van der Waals surface area contributed by atoms with Crippen molar-refractivity contribution in [3.05, 3.63) is 0 Å². The number of rotatable bonds is 10. The summed E-state index contributed by atoms with van der Waals surface area (Å²) >= 11 is 0. The number of hydrogen-bond acceptors (Lipinski definition) is 4. The molecule has 112 valence electrons. The molecular formula is C15H30N2O2. The van der Waals surface area contributed by atoms with Crippen LogP contribution in [0.1, 0.15) is 46.0 Å². The Morgan fingerprint density at radius 1 is 1.47 bits per heavy atom. The Morgan fingerprint density at radius 2 is 2.32 bits per heavy atom. The molecular weight excluding hydrogens is 240 g/mol. The van der Waals surface area contributed by atoms with Gasteiger partial charge in [-0.2, -0.15) is 0 Å². The first-order chi connectivity index (χ1) is 9.27.